The van der Waals surface area contributed by atoms with Crippen LogP contribution < -0.4 is 20.1 Å². The molecule has 7 heteroatoms. The number of hydrogen-bond donors (Lipinski definition) is 2. The Bertz CT molecular complexity index is 1260. The summed E-state index contributed by atoms with van der Waals surface area (Å²) in [5.74, 6) is 1.52. The monoisotopic (exact) mass is 475 g/mol. The lowest BCUT2D eigenvalue weighted by atomic mass is 10.1. The van der Waals surface area contributed by atoms with Crippen molar-refractivity contribution in [2.75, 3.05) is 18.4 Å². The Balaban J connectivity index is 1.23. The molecule has 0 bridgehead atoms. The maximum Gasteiger partial charge on any atom is 0.272 e. The van der Waals surface area contributed by atoms with Gasteiger partial charge in [-0.1, -0.05) is 18.2 Å². The number of amides is 1. The molecule has 1 fully saturated rings. The average Bonchev–Trinajstić information content (AvgIpc) is 3.46. The number of benzene rings is 2. The molecule has 6 nitrogen and oxygen atoms in total. The number of anilines is 1. The van der Waals surface area contributed by atoms with E-state index in [2.05, 4.69) is 29.0 Å². The van der Waals surface area contributed by atoms with Crippen LogP contribution >= 0.6 is 11.3 Å². The number of piperidine rings is 1. The van der Waals surface area contributed by atoms with Gasteiger partial charge < -0.3 is 24.7 Å². The molecule has 0 saturated carbocycles. The first-order valence-corrected chi connectivity index (χ1v) is 12.7. The molecule has 2 aromatic carbocycles. The van der Waals surface area contributed by atoms with Gasteiger partial charge in [0.15, 0.2) is 0 Å². The third-order valence-corrected chi connectivity index (χ3v) is 7.00. The summed E-state index contributed by atoms with van der Waals surface area (Å²) in [4.78, 5) is 13.1. The van der Waals surface area contributed by atoms with E-state index >= 15 is 0 Å². The summed E-state index contributed by atoms with van der Waals surface area (Å²) in [5.41, 5.74) is 3.44. The summed E-state index contributed by atoms with van der Waals surface area (Å²) in [6, 6.07) is 19.5. The van der Waals surface area contributed by atoms with E-state index in [0.717, 1.165) is 65.4 Å². The van der Waals surface area contributed by atoms with Crippen LogP contribution in [-0.2, 0) is 13.2 Å². The Labute approximate surface area is 203 Å². The Hall–Kier alpha value is -3.29. The van der Waals surface area contributed by atoms with Crippen molar-refractivity contribution in [1.82, 2.24) is 9.88 Å². The van der Waals surface area contributed by atoms with Gasteiger partial charge in [0.1, 0.15) is 29.9 Å². The van der Waals surface area contributed by atoms with E-state index in [9.17, 15) is 4.79 Å². The number of rotatable bonds is 8. The maximum absolute atomic E-state index is 13.1. The second-order valence-electron chi connectivity index (χ2n) is 8.38. The summed E-state index contributed by atoms with van der Waals surface area (Å²) in [7, 11) is 0. The minimum absolute atomic E-state index is 0.114. The van der Waals surface area contributed by atoms with E-state index in [-0.39, 0.29) is 12.0 Å². The zero-order valence-corrected chi connectivity index (χ0v) is 20.1. The molecule has 1 aliphatic rings. The van der Waals surface area contributed by atoms with Crippen molar-refractivity contribution < 1.29 is 14.3 Å². The Morgan fingerprint density at radius 2 is 1.85 bits per heavy atom. The number of aromatic nitrogens is 1. The number of nitrogens with zero attached hydrogens (tertiary/aromatic N) is 1. The first kappa shape index (κ1) is 22.5. The molecule has 0 unspecified atom stereocenters. The zero-order valence-electron chi connectivity index (χ0n) is 19.3. The first-order valence-electron chi connectivity index (χ1n) is 11.8. The maximum atomic E-state index is 13.1. The molecule has 5 rings (SSSR count). The molecule has 4 aromatic rings. The topological polar surface area (TPSA) is 64.5 Å². The predicted octanol–water partition coefficient (Wildman–Crippen LogP) is 5.68. The number of hydrogen-bond acceptors (Lipinski definition) is 5. The number of para-hydroxylation sites is 1. The molecule has 0 atom stereocenters. The number of carbonyl (C=O) groups is 1. The molecule has 2 N–H and O–H groups in total. The van der Waals surface area contributed by atoms with Crippen LogP contribution in [0.3, 0.4) is 0 Å². The number of ether oxygens (including phenoxy) is 2. The van der Waals surface area contributed by atoms with Gasteiger partial charge in [0, 0.05) is 17.8 Å². The largest absolute Gasteiger partial charge is 0.490 e. The van der Waals surface area contributed by atoms with Crippen molar-refractivity contribution in [1.29, 1.82) is 0 Å². The number of nitrogens with one attached hydrogen (secondary N) is 2. The van der Waals surface area contributed by atoms with Crippen molar-refractivity contribution in [2.24, 2.45) is 0 Å². The minimum atomic E-state index is -0.114. The molecule has 176 valence electrons. The third-order valence-electron chi connectivity index (χ3n) is 6.14. The molecule has 1 amide bonds. The molecular weight excluding hydrogens is 446 g/mol. The van der Waals surface area contributed by atoms with Crippen LogP contribution in [0, 0.1) is 0 Å². The lowest BCUT2D eigenvalue weighted by molar-refractivity contribution is 0.101. The molecule has 2 aromatic heterocycles. The van der Waals surface area contributed by atoms with Gasteiger partial charge in [-0.15, -0.1) is 11.3 Å². The van der Waals surface area contributed by atoms with Crippen molar-refractivity contribution in [3.8, 4) is 11.5 Å². The molecule has 3 heterocycles. The smallest absolute Gasteiger partial charge is 0.272 e. The van der Waals surface area contributed by atoms with Crippen molar-refractivity contribution >= 4 is 33.1 Å². The summed E-state index contributed by atoms with van der Waals surface area (Å²) in [6.45, 7) is 5.16. The van der Waals surface area contributed by atoms with Crippen LogP contribution in [0.25, 0.3) is 10.2 Å². The number of fused-ring (bicyclic) bond motifs is 1. The summed E-state index contributed by atoms with van der Waals surface area (Å²) in [6.07, 6.45) is 2.33. The standard InChI is InChI=1S/C27H29N3O3S/c1-2-30-24-13-16-34-26(24)17-25(30)27(31)29-23-6-4-3-5-19(23)18-32-20-7-9-21(10-8-20)33-22-11-14-28-15-12-22/h3-10,13,16-17,22,28H,2,11-12,14-15,18H2,1H3,(H,29,31). The van der Waals surface area contributed by atoms with Gasteiger partial charge in [0.25, 0.3) is 5.91 Å². The quantitative estimate of drug-likeness (QED) is 0.344. The highest BCUT2D eigenvalue weighted by molar-refractivity contribution is 7.17. The highest BCUT2D eigenvalue weighted by atomic mass is 32.1. The second kappa shape index (κ2) is 10.3. The van der Waals surface area contributed by atoms with E-state index in [1.54, 1.807) is 11.3 Å². The van der Waals surface area contributed by atoms with E-state index in [0.29, 0.717) is 12.3 Å². The van der Waals surface area contributed by atoms with Gasteiger partial charge in [-0.25, -0.2) is 0 Å². The van der Waals surface area contributed by atoms with Crippen LogP contribution in [0.4, 0.5) is 5.69 Å². The molecule has 1 aliphatic heterocycles. The minimum Gasteiger partial charge on any atom is -0.490 e. The third kappa shape index (κ3) is 4.95. The van der Waals surface area contributed by atoms with E-state index in [1.807, 2.05) is 59.2 Å². The Kier molecular flexibility index (Phi) is 6.83. The number of thiophene rings is 1. The Morgan fingerprint density at radius 1 is 1.09 bits per heavy atom. The van der Waals surface area contributed by atoms with Crippen LogP contribution in [0.2, 0.25) is 0 Å². The molecule has 34 heavy (non-hydrogen) atoms. The van der Waals surface area contributed by atoms with Gasteiger partial charge in [0.2, 0.25) is 0 Å². The first-order chi connectivity index (χ1) is 16.7. The lowest BCUT2D eigenvalue weighted by Gasteiger charge is -2.23. The molecule has 0 radical (unpaired) electrons. The van der Waals surface area contributed by atoms with Crippen LogP contribution in [0.5, 0.6) is 11.5 Å². The molecular formula is C27H29N3O3S. The van der Waals surface area contributed by atoms with Crippen molar-refractivity contribution in [3.63, 3.8) is 0 Å². The summed E-state index contributed by atoms with van der Waals surface area (Å²) >= 11 is 1.65. The van der Waals surface area contributed by atoms with Gasteiger partial charge in [-0.2, -0.15) is 0 Å². The normalized spacial score (nSPS) is 14.3. The van der Waals surface area contributed by atoms with Gasteiger partial charge in [-0.3, -0.25) is 4.79 Å². The van der Waals surface area contributed by atoms with E-state index in [4.69, 9.17) is 9.47 Å². The zero-order chi connectivity index (χ0) is 23.3. The highest BCUT2D eigenvalue weighted by Crippen LogP contribution is 2.27. The fourth-order valence-corrected chi connectivity index (χ4v) is 5.16. The SMILES string of the molecule is CCn1c(C(=O)Nc2ccccc2COc2ccc(OC3CCNCC3)cc2)cc2sccc21. The summed E-state index contributed by atoms with van der Waals surface area (Å²) < 4.78 is 15.3. The second-order valence-corrected chi connectivity index (χ2v) is 9.33. The van der Waals surface area contributed by atoms with Crippen LogP contribution in [-0.4, -0.2) is 29.7 Å². The molecule has 0 aliphatic carbocycles. The fourth-order valence-electron chi connectivity index (χ4n) is 4.34. The van der Waals surface area contributed by atoms with Gasteiger partial charge in [-0.05, 0) is 80.7 Å². The van der Waals surface area contributed by atoms with Gasteiger partial charge >= 0.3 is 0 Å². The average molecular weight is 476 g/mol. The van der Waals surface area contributed by atoms with Crippen LogP contribution in [0.15, 0.2) is 66.0 Å². The molecule has 1 saturated heterocycles. The van der Waals surface area contributed by atoms with Crippen molar-refractivity contribution in [3.05, 3.63) is 77.3 Å². The number of carbonyl (C=O) groups excluding carboxylic acids is 1. The van der Waals surface area contributed by atoms with Gasteiger partial charge in [0.05, 0.1) is 10.2 Å². The molecule has 0 spiro atoms. The summed E-state index contributed by atoms with van der Waals surface area (Å²) in [5, 5.41) is 8.49. The van der Waals surface area contributed by atoms with Crippen LogP contribution in [0.1, 0.15) is 35.8 Å². The number of aryl methyl sites for hydroxylation is 1. The Morgan fingerprint density at radius 3 is 2.65 bits per heavy atom. The fraction of sp³-hybridized carbons (Fsp3) is 0.296. The van der Waals surface area contributed by atoms with E-state index < -0.39 is 0 Å². The predicted molar refractivity (Wildman–Crippen MR) is 137 cm³/mol. The lowest BCUT2D eigenvalue weighted by Crippen LogP contribution is -2.34. The van der Waals surface area contributed by atoms with Crippen molar-refractivity contribution in [2.45, 2.75) is 39.0 Å². The highest BCUT2D eigenvalue weighted by Gasteiger charge is 2.17. The van der Waals surface area contributed by atoms with E-state index in [1.165, 1.54) is 0 Å².